The third-order valence-electron chi connectivity index (χ3n) is 4.64. The third kappa shape index (κ3) is 4.62. The summed E-state index contributed by atoms with van der Waals surface area (Å²) in [5.41, 5.74) is 5.53. The molecule has 4 rings (SSSR count). The zero-order chi connectivity index (χ0) is 24.4. The Labute approximate surface area is 203 Å². The van der Waals surface area contributed by atoms with E-state index in [1.54, 1.807) is 0 Å². The molecule has 0 aromatic carbocycles. The number of nitrogens with zero attached hydrogens (tertiary/aromatic N) is 5. The molecule has 2 amide bonds. The summed E-state index contributed by atoms with van der Waals surface area (Å²) in [7, 11) is 1.26. The second-order valence-electron chi connectivity index (χ2n) is 6.74. The molecular formula is C17H16N8O6S3. The van der Waals surface area contributed by atoms with E-state index in [1.807, 2.05) is 0 Å². The molecule has 14 nitrogen and oxygen atoms in total. The number of thiazole rings is 1. The minimum atomic E-state index is -1.27. The van der Waals surface area contributed by atoms with Gasteiger partial charge in [0.2, 0.25) is 0 Å². The Morgan fingerprint density at radius 3 is 2.91 bits per heavy atom. The number of amides is 2. The highest BCUT2D eigenvalue weighted by Gasteiger charge is 2.54. The van der Waals surface area contributed by atoms with Crippen molar-refractivity contribution in [2.45, 2.75) is 16.6 Å². The van der Waals surface area contributed by atoms with Crippen LogP contribution in [-0.4, -0.2) is 83.7 Å². The van der Waals surface area contributed by atoms with Gasteiger partial charge in [-0.05, 0) is 5.57 Å². The molecule has 0 bridgehead atoms. The second kappa shape index (κ2) is 9.82. The van der Waals surface area contributed by atoms with Crippen LogP contribution >= 0.6 is 34.9 Å². The van der Waals surface area contributed by atoms with Crippen molar-refractivity contribution in [3.8, 4) is 0 Å². The van der Waals surface area contributed by atoms with Crippen LogP contribution in [0.3, 0.4) is 0 Å². The summed E-state index contributed by atoms with van der Waals surface area (Å²) in [6, 6.07) is -0.963. The number of carbonyl (C=O) groups excluding carboxylic acids is 2. The molecule has 34 heavy (non-hydrogen) atoms. The van der Waals surface area contributed by atoms with Gasteiger partial charge < -0.3 is 21.0 Å². The lowest BCUT2D eigenvalue weighted by Crippen LogP contribution is -2.71. The number of aromatic amines is 1. The number of rotatable bonds is 8. The Bertz CT molecular complexity index is 1270. The number of hydrogen-bond donors (Lipinski definition) is 4. The van der Waals surface area contributed by atoms with Gasteiger partial charge in [-0.3, -0.25) is 24.3 Å². The standard InChI is InChI=1S/C17H16N8O6S3/c1-31-24-9(7-5-33-16(18)20-7)12(27)22-10-13(28)25-11(15(29)30)6(3-32-14(10)25)4-34-17-21-8(26)2-19-23-17/h2,5,10,14H,3-4H2,1H3,(H2,18,20)(H,22,27)(H,29,30)(H,21,23,26)/t10?,14-/m0/s1. The van der Waals surface area contributed by atoms with Gasteiger partial charge in [-0.1, -0.05) is 16.9 Å². The molecule has 0 aliphatic carbocycles. The number of carbonyl (C=O) groups is 3. The quantitative estimate of drug-likeness (QED) is 0.143. The smallest absolute Gasteiger partial charge is 0.352 e. The van der Waals surface area contributed by atoms with Crippen LogP contribution in [0.2, 0.25) is 0 Å². The summed E-state index contributed by atoms with van der Waals surface area (Å²) < 4.78 is 0. The Hall–Kier alpha value is -3.44. The number of hydrogen-bond acceptors (Lipinski definition) is 13. The molecule has 1 unspecified atom stereocenters. The number of H-pyrrole nitrogens is 1. The summed E-state index contributed by atoms with van der Waals surface area (Å²) in [4.78, 5) is 61.3. The average molecular weight is 525 g/mol. The first-order valence-corrected chi connectivity index (χ1v) is 12.3. The molecule has 1 fully saturated rings. The lowest BCUT2D eigenvalue weighted by atomic mass is 10.0. The summed E-state index contributed by atoms with van der Waals surface area (Å²) in [5.74, 6) is -2.09. The fourth-order valence-corrected chi connectivity index (χ4v) is 6.06. The van der Waals surface area contributed by atoms with Crippen LogP contribution in [-0.2, 0) is 19.2 Å². The molecule has 0 spiro atoms. The van der Waals surface area contributed by atoms with Gasteiger partial charge in [-0.25, -0.2) is 9.78 Å². The first-order valence-electron chi connectivity index (χ1n) is 9.38. The molecule has 2 aromatic heterocycles. The first kappa shape index (κ1) is 23.7. The number of carboxylic acids is 1. The number of carboxylic acid groups (broad SMARTS) is 1. The van der Waals surface area contributed by atoms with E-state index in [0.29, 0.717) is 11.3 Å². The van der Waals surface area contributed by atoms with Gasteiger partial charge in [0.1, 0.15) is 36.1 Å². The topological polar surface area (TPSA) is 206 Å². The zero-order valence-electron chi connectivity index (χ0n) is 17.3. The van der Waals surface area contributed by atoms with E-state index in [9.17, 15) is 24.3 Å². The van der Waals surface area contributed by atoms with Crippen molar-refractivity contribution in [3.05, 3.63) is 38.9 Å². The van der Waals surface area contributed by atoms with Crippen LogP contribution in [0.4, 0.5) is 5.13 Å². The Kier molecular flexibility index (Phi) is 6.85. The van der Waals surface area contributed by atoms with Crippen molar-refractivity contribution in [2.75, 3.05) is 24.3 Å². The van der Waals surface area contributed by atoms with Gasteiger partial charge in [0.05, 0.1) is 0 Å². The molecule has 4 heterocycles. The van der Waals surface area contributed by atoms with Crippen molar-refractivity contribution in [2.24, 2.45) is 5.16 Å². The number of nitrogen functional groups attached to an aromatic ring is 1. The SMILES string of the molecule is CON=C(C(=O)NC1C(=O)N2C(C(=O)O)=C(CSc3nncc(=O)[nH]3)CS[C@@H]12)c1csc(N)n1. The molecule has 2 atom stereocenters. The van der Waals surface area contributed by atoms with Crippen molar-refractivity contribution in [1.82, 2.24) is 30.4 Å². The number of aliphatic carboxylic acids is 1. The minimum absolute atomic E-state index is 0.156. The molecule has 2 aliphatic heterocycles. The van der Waals surface area contributed by atoms with Gasteiger partial charge in [0.15, 0.2) is 16.0 Å². The molecule has 0 saturated carbocycles. The summed E-state index contributed by atoms with van der Waals surface area (Å²) >= 11 is 3.51. The number of nitrogens with one attached hydrogen (secondary N) is 2. The fourth-order valence-electron chi connectivity index (χ4n) is 3.21. The molecule has 17 heteroatoms. The second-order valence-corrected chi connectivity index (χ2v) is 9.70. The first-order chi connectivity index (χ1) is 16.3. The molecule has 178 valence electrons. The van der Waals surface area contributed by atoms with Crippen LogP contribution < -0.4 is 16.6 Å². The lowest BCUT2D eigenvalue weighted by Gasteiger charge is -2.49. The summed E-state index contributed by atoms with van der Waals surface area (Å²) in [6.07, 6.45) is 1.02. The van der Waals surface area contributed by atoms with E-state index in [1.165, 1.54) is 24.3 Å². The number of fused-ring (bicyclic) bond motifs is 1. The highest BCUT2D eigenvalue weighted by molar-refractivity contribution is 8.01. The van der Waals surface area contributed by atoms with Crippen molar-refractivity contribution >= 4 is 63.5 Å². The highest BCUT2D eigenvalue weighted by atomic mass is 32.2. The highest BCUT2D eigenvalue weighted by Crippen LogP contribution is 2.41. The van der Waals surface area contributed by atoms with Crippen LogP contribution in [0.15, 0.2) is 38.0 Å². The molecule has 5 N–H and O–H groups in total. The number of anilines is 1. The van der Waals surface area contributed by atoms with E-state index in [0.717, 1.165) is 34.2 Å². The number of oxime groups is 1. The number of β-lactam (4-membered cyclic amide) rings is 1. The van der Waals surface area contributed by atoms with E-state index in [2.05, 4.69) is 30.6 Å². The van der Waals surface area contributed by atoms with E-state index in [-0.39, 0.29) is 33.1 Å². The van der Waals surface area contributed by atoms with Gasteiger partial charge in [-0.15, -0.1) is 28.2 Å². The van der Waals surface area contributed by atoms with Crippen molar-refractivity contribution < 1.29 is 24.3 Å². The van der Waals surface area contributed by atoms with Crippen LogP contribution in [0.1, 0.15) is 5.69 Å². The average Bonchev–Trinajstić information content (AvgIpc) is 3.24. The van der Waals surface area contributed by atoms with Gasteiger partial charge in [-0.2, -0.15) is 5.10 Å². The third-order valence-corrected chi connectivity index (χ3v) is 7.60. The van der Waals surface area contributed by atoms with Gasteiger partial charge in [0.25, 0.3) is 17.4 Å². The van der Waals surface area contributed by atoms with Crippen LogP contribution in [0.5, 0.6) is 0 Å². The summed E-state index contributed by atoms with van der Waals surface area (Å²) in [5, 5.41) is 24.7. The predicted molar refractivity (Wildman–Crippen MR) is 123 cm³/mol. The van der Waals surface area contributed by atoms with Crippen molar-refractivity contribution in [1.29, 1.82) is 0 Å². The Morgan fingerprint density at radius 1 is 1.47 bits per heavy atom. The molecular weight excluding hydrogens is 508 g/mol. The maximum atomic E-state index is 12.9. The maximum Gasteiger partial charge on any atom is 0.352 e. The molecule has 2 aromatic rings. The van der Waals surface area contributed by atoms with Gasteiger partial charge >= 0.3 is 5.97 Å². The fraction of sp³-hybridized carbons (Fsp3) is 0.294. The van der Waals surface area contributed by atoms with Gasteiger partial charge in [0, 0.05) is 16.9 Å². The van der Waals surface area contributed by atoms with Crippen LogP contribution in [0, 0.1) is 0 Å². The van der Waals surface area contributed by atoms with Crippen molar-refractivity contribution in [3.63, 3.8) is 0 Å². The molecule has 0 radical (unpaired) electrons. The summed E-state index contributed by atoms with van der Waals surface area (Å²) in [6.45, 7) is 0. The van der Waals surface area contributed by atoms with E-state index >= 15 is 0 Å². The minimum Gasteiger partial charge on any atom is -0.477 e. The zero-order valence-corrected chi connectivity index (χ0v) is 19.7. The largest absolute Gasteiger partial charge is 0.477 e. The number of nitrogens with two attached hydrogens (primary N) is 1. The molecule has 1 saturated heterocycles. The van der Waals surface area contributed by atoms with Crippen LogP contribution in [0.25, 0.3) is 0 Å². The number of thioether (sulfide) groups is 2. The van der Waals surface area contributed by atoms with E-state index < -0.39 is 34.8 Å². The van der Waals surface area contributed by atoms with E-state index in [4.69, 9.17) is 10.6 Å². The normalized spacial score (nSPS) is 20.0. The Morgan fingerprint density at radius 2 is 2.26 bits per heavy atom. The lowest BCUT2D eigenvalue weighted by molar-refractivity contribution is -0.150. The molecule has 2 aliphatic rings. The monoisotopic (exact) mass is 524 g/mol. The maximum absolute atomic E-state index is 12.9. The number of aromatic nitrogens is 4. The Balaban J connectivity index is 1.49. The predicted octanol–water partition coefficient (Wildman–Crippen LogP) is -0.915.